The summed E-state index contributed by atoms with van der Waals surface area (Å²) in [5, 5.41) is 2.40. The Morgan fingerprint density at radius 1 is 0.905 bits per heavy atom. The van der Waals surface area contributed by atoms with Gasteiger partial charge in [-0.25, -0.2) is 4.98 Å². The van der Waals surface area contributed by atoms with Crippen molar-refractivity contribution in [2.24, 2.45) is 0 Å². The lowest BCUT2D eigenvalue weighted by Gasteiger charge is -2.08. The molecule has 0 aliphatic heterocycles. The number of anilines is 1. The third kappa shape index (κ3) is 1.99. The number of benzene rings is 3. The minimum atomic E-state index is 0.499. The van der Waals surface area contributed by atoms with Gasteiger partial charge in [0, 0.05) is 10.2 Å². The van der Waals surface area contributed by atoms with Gasteiger partial charge in [-0.15, -0.1) is 0 Å². The summed E-state index contributed by atoms with van der Waals surface area (Å²) in [7, 11) is 0. The van der Waals surface area contributed by atoms with Crippen molar-refractivity contribution >= 4 is 43.7 Å². The van der Waals surface area contributed by atoms with Crippen molar-refractivity contribution in [3.8, 4) is 5.69 Å². The third-order valence-electron chi connectivity index (χ3n) is 3.63. The number of nitrogens with zero attached hydrogens (tertiary/aromatic N) is 2. The molecule has 4 aromatic rings. The summed E-state index contributed by atoms with van der Waals surface area (Å²) in [6.45, 7) is 0. The largest absolute Gasteiger partial charge is 0.369 e. The standard InChI is InChI=1S/C17H12BrN3/c18-13-6-8-16-15(10-13)20-17(19)21(16)14-7-5-11-3-1-2-4-12(11)9-14/h1-10H,(H2,19,20). The fourth-order valence-corrected chi connectivity index (χ4v) is 3.01. The Labute approximate surface area is 130 Å². The summed E-state index contributed by atoms with van der Waals surface area (Å²) in [4.78, 5) is 4.44. The van der Waals surface area contributed by atoms with Crippen LogP contribution in [0, 0.1) is 0 Å². The van der Waals surface area contributed by atoms with E-state index in [1.54, 1.807) is 0 Å². The summed E-state index contributed by atoms with van der Waals surface area (Å²) in [5.41, 5.74) is 9.03. The van der Waals surface area contributed by atoms with Crippen LogP contribution in [-0.2, 0) is 0 Å². The van der Waals surface area contributed by atoms with Gasteiger partial charge in [0.15, 0.2) is 0 Å². The van der Waals surface area contributed by atoms with Gasteiger partial charge in [0.05, 0.1) is 11.0 Å². The fraction of sp³-hybridized carbons (Fsp3) is 0. The van der Waals surface area contributed by atoms with Gasteiger partial charge >= 0.3 is 0 Å². The van der Waals surface area contributed by atoms with Crippen molar-refractivity contribution in [1.82, 2.24) is 9.55 Å². The lowest BCUT2D eigenvalue weighted by Crippen LogP contribution is -2.00. The van der Waals surface area contributed by atoms with E-state index < -0.39 is 0 Å². The third-order valence-corrected chi connectivity index (χ3v) is 4.13. The van der Waals surface area contributed by atoms with Crippen LogP contribution in [-0.4, -0.2) is 9.55 Å². The lowest BCUT2D eigenvalue weighted by atomic mass is 10.1. The number of fused-ring (bicyclic) bond motifs is 2. The van der Waals surface area contributed by atoms with E-state index >= 15 is 0 Å². The van der Waals surface area contributed by atoms with Crippen LogP contribution >= 0.6 is 15.9 Å². The van der Waals surface area contributed by atoms with Crippen molar-refractivity contribution in [3.05, 3.63) is 65.1 Å². The molecule has 0 unspecified atom stereocenters. The molecule has 0 aliphatic carbocycles. The number of imidazole rings is 1. The molecule has 0 fully saturated rings. The molecule has 0 radical (unpaired) electrons. The molecule has 1 heterocycles. The second-order valence-electron chi connectivity index (χ2n) is 4.97. The second kappa shape index (κ2) is 4.60. The predicted octanol–water partition coefficient (Wildman–Crippen LogP) is 4.52. The first-order chi connectivity index (χ1) is 10.2. The number of rotatable bonds is 1. The number of halogens is 1. The molecule has 3 aromatic carbocycles. The molecule has 3 nitrogen and oxygen atoms in total. The van der Waals surface area contributed by atoms with Gasteiger partial charge in [-0.2, -0.15) is 0 Å². The smallest absolute Gasteiger partial charge is 0.205 e. The second-order valence-corrected chi connectivity index (χ2v) is 5.89. The van der Waals surface area contributed by atoms with Crippen LogP contribution in [0.15, 0.2) is 65.1 Å². The minimum absolute atomic E-state index is 0.499. The first-order valence-corrected chi connectivity index (χ1v) is 7.44. The van der Waals surface area contributed by atoms with Crippen molar-refractivity contribution in [1.29, 1.82) is 0 Å². The molecule has 0 spiro atoms. The summed E-state index contributed by atoms with van der Waals surface area (Å²) >= 11 is 3.46. The van der Waals surface area contributed by atoms with Crippen molar-refractivity contribution in [3.63, 3.8) is 0 Å². The van der Waals surface area contributed by atoms with Crippen LogP contribution in [0.1, 0.15) is 0 Å². The molecule has 0 aliphatic rings. The highest BCUT2D eigenvalue weighted by Gasteiger charge is 2.10. The van der Waals surface area contributed by atoms with E-state index in [4.69, 9.17) is 5.73 Å². The van der Waals surface area contributed by atoms with E-state index in [1.807, 2.05) is 34.9 Å². The average molecular weight is 338 g/mol. The SMILES string of the molecule is Nc1nc2cc(Br)ccc2n1-c1ccc2ccccc2c1. The lowest BCUT2D eigenvalue weighted by molar-refractivity contribution is 1.11. The Morgan fingerprint density at radius 2 is 1.71 bits per heavy atom. The maximum absolute atomic E-state index is 6.12. The first-order valence-electron chi connectivity index (χ1n) is 6.65. The Hall–Kier alpha value is -2.33. The fourth-order valence-electron chi connectivity index (χ4n) is 2.66. The average Bonchev–Trinajstić information content (AvgIpc) is 2.81. The van der Waals surface area contributed by atoms with Crippen LogP contribution in [0.25, 0.3) is 27.5 Å². The zero-order valence-electron chi connectivity index (χ0n) is 11.1. The van der Waals surface area contributed by atoms with Crippen molar-refractivity contribution < 1.29 is 0 Å². The Bertz CT molecular complexity index is 972. The Morgan fingerprint density at radius 3 is 2.57 bits per heavy atom. The van der Waals surface area contributed by atoms with E-state index in [0.29, 0.717) is 5.95 Å². The quantitative estimate of drug-likeness (QED) is 0.554. The van der Waals surface area contributed by atoms with Crippen molar-refractivity contribution in [2.75, 3.05) is 5.73 Å². The molecule has 0 bridgehead atoms. The zero-order valence-corrected chi connectivity index (χ0v) is 12.7. The molecular formula is C17H12BrN3. The van der Waals surface area contributed by atoms with Gasteiger partial charge in [0.1, 0.15) is 0 Å². The van der Waals surface area contributed by atoms with E-state index in [0.717, 1.165) is 21.2 Å². The van der Waals surface area contributed by atoms with E-state index in [1.165, 1.54) is 10.8 Å². The normalized spacial score (nSPS) is 11.3. The minimum Gasteiger partial charge on any atom is -0.369 e. The molecular weight excluding hydrogens is 326 g/mol. The van der Waals surface area contributed by atoms with Gasteiger partial charge in [-0.1, -0.05) is 46.3 Å². The number of nitrogen functional groups attached to an aromatic ring is 1. The first kappa shape index (κ1) is 12.4. The van der Waals surface area contributed by atoms with Crippen LogP contribution in [0.3, 0.4) is 0 Å². The van der Waals surface area contributed by atoms with Crippen molar-refractivity contribution in [2.45, 2.75) is 0 Å². The van der Waals surface area contributed by atoms with E-state index in [2.05, 4.69) is 51.2 Å². The number of aromatic nitrogens is 2. The van der Waals surface area contributed by atoms with Gasteiger partial charge in [-0.3, -0.25) is 4.57 Å². The molecule has 0 saturated carbocycles. The zero-order chi connectivity index (χ0) is 14.4. The van der Waals surface area contributed by atoms with Crippen LogP contribution in [0.4, 0.5) is 5.95 Å². The summed E-state index contributed by atoms with van der Waals surface area (Å²) in [5.74, 6) is 0.499. The maximum Gasteiger partial charge on any atom is 0.205 e. The van der Waals surface area contributed by atoms with E-state index in [-0.39, 0.29) is 0 Å². The van der Waals surface area contributed by atoms with Gasteiger partial charge < -0.3 is 5.73 Å². The van der Waals surface area contributed by atoms with Gasteiger partial charge in [0.25, 0.3) is 0 Å². The summed E-state index contributed by atoms with van der Waals surface area (Å²) in [6.07, 6.45) is 0. The Balaban J connectivity index is 2.01. The topological polar surface area (TPSA) is 43.8 Å². The van der Waals surface area contributed by atoms with E-state index in [9.17, 15) is 0 Å². The van der Waals surface area contributed by atoms with Crippen LogP contribution < -0.4 is 5.73 Å². The number of hydrogen-bond acceptors (Lipinski definition) is 2. The molecule has 1 aromatic heterocycles. The summed E-state index contributed by atoms with van der Waals surface area (Å²) < 4.78 is 2.98. The molecule has 0 atom stereocenters. The monoisotopic (exact) mass is 337 g/mol. The highest BCUT2D eigenvalue weighted by molar-refractivity contribution is 9.10. The highest BCUT2D eigenvalue weighted by atomic mass is 79.9. The molecule has 102 valence electrons. The highest BCUT2D eigenvalue weighted by Crippen LogP contribution is 2.27. The Kier molecular flexibility index (Phi) is 2.72. The van der Waals surface area contributed by atoms with Crippen LogP contribution in [0.2, 0.25) is 0 Å². The molecule has 0 amide bonds. The van der Waals surface area contributed by atoms with Crippen LogP contribution in [0.5, 0.6) is 0 Å². The molecule has 2 N–H and O–H groups in total. The molecule has 0 saturated heterocycles. The van der Waals surface area contributed by atoms with Gasteiger partial charge in [-0.05, 0) is 41.1 Å². The number of hydrogen-bond donors (Lipinski definition) is 1. The summed E-state index contributed by atoms with van der Waals surface area (Å²) in [6, 6.07) is 20.6. The molecule has 21 heavy (non-hydrogen) atoms. The van der Waals surface area contributed by atoms with Gasteiger partial charge in [0.2, 0.25) is 5.95 Å². The molecule has 4 rings (SSSR count). The number of nitrogens with two attached hydrogens (primary N) is 1. The molecule has 4 heteroatoms. The predicted molar refractivity (Wildman–Crippen MR) is 90.7 cm³/mol. The maximum atomic E-state index is 6.12.